The fraction of sp³-hybridized carbons (Fsp3) is 0.932. The van der Waals surface area contributed by atoms with Crippen LogP contribution in [-0.2, 0) is 37.7 Å². The molecule has 1 saturated heterocycles. The van der Waals surface area contributed by atoms with Crippen molar-refractivity contribution in [3.05, 3.63) is 0 Å². The van der Waals surface area contributed by atoms with Crippen molar-refractivity contribution in [3.8, 4) is 0 Å². The molecule has 0 aromatic carbocycles. The Balaban J connectivity index is 2.90. The van der Waals surface area contributed by atoms with E-state index in [1.807, 2.05) is 0 Å². The van der Waals surface area contributed by atoms with Gasteiger partial charge in [0.15, 0.2) is 12.4 Å². The summed E-state index contributed by atoms with van der Waals surface area (Å²) in [4.78, 5) is 59.1. The van der Waals surface area contributed by atoms with Crippen molar-refractivity contribution >= 4 is 25.7 Å². The van der Waals surface area contributed by atoms with Gasteiger partial charge in [0.25, 0.3) is 0 Å². The van der Waals surface area contributed by atoms with Crippen LogP contribution < -0.4 is 5.32 Å². The zero-order valence-corrected chi connectivity index (χ0v) is 37.8. The minimum atomic E-state index is -5.28. The van der Waals surface area contributed by atoms with Crippen LogP contribution in [0.25, 0.3) is 0 Å². The first-order chi connectivity index (χ1) is 28.3. The minimum absolute atomic E-state index is 0.208. The second-order valence-electron chi connectivity index (χ2n) is 16.6. The first-order valence-electron chi connectivity index (χ1n) is 23.4. The van der Waals surface area contributed by atoms with Crippen molar-refractivity contribution in [1.82, 2.24) is 5.32 Å². The molecular formula is C44H84NO13P. The fourth-order valence-corrected chi connectivity index (χ4v) is 8.21. The molecule has 1 heterocycles. The Bertz CT molecular complexity index is 1120. The van der Waals surface area contributed by atoms with E-state index in [-0.39, 0.29) is 12.8 Å². The largest absolute Gasteiger partial charge is 0.470 e. The maximum Gasteiger partial charge on any atom is 0.470 e. The van der Waals surface area contributed by atoms with Crippen molar-refractivity contribution in [2.75, 3.05) is 6.61 Å². The van der Waals surface area contributed by atoms with Gasteiger partial charge >= 0.3 is 19.8 Å². The average Bonchev–Trinajstić information content (AvgIpc) is 3.17. The molecule has 0 aromatic heterocycles. The second-order valence-corrected chi connectivity index (χ2v) is 17.8. The Labute approximate surface area is 355 Å². The Hall–Kier alpha value is -1.64. The molecule has 1 rings (SSSR count). The third-order valence-electron chi connectivity index (χ3n) is 11.1. The van der Waals surface area contributed by atoms with E-state index < -0.39 is 81.5 Å². The van der Waals surface area contributed by atoms with Crippen LogP contribution in [0.2, 0.25) is 0 Å². The predicted octanol–water partition coefficient (Wildman–Crippen LogP) is 8.61. The number of carbonyl (C=O) groups excluding carboxylic acids is 3. The lowest BCUT2D eigenvalue weighted by Gasteiger charge is -2.43. The fourth-order valence-electron chi connectivity index (χ4n) is 7.64. The lowest BCUT2D eigenvalue weighted by Crippen LogP contribution is -2.65. The van der Waals surface area contributed by atoms with Crippen molar-refractivity contribution in [3.63, 3.8) is 0 Å². The lowest BCUT2D eigenvalue weighted by atomic mass is 9.96. The zero-order valence-electron chi connectivity index (χ0n) is 36.9. The maximum absolute atomic E-state index is 13.6. The van der Waals surface area contributed by atoms with Crippen LogP contribution in [0.5, 0.6) is 0 Å². The number of aliphatic hydroxyl groups excluding tert-OH is 3. The van der Waals surface area contributed by atoms with Gasteiger partial charge in [-0.05, 0) is 25.7 Å². The summed E-state index contributed by atoms with van der Waals surface area (Å²) in [7, 11) is -5.28. The number of nitrogens with one attached hydrogen (secondary N) is 1. The highest BCUT2D eigenvalue weighted by Gasteiger charge is 2.51. The van der Waals surface area contributed by atoms with Crippen LogP contribution in [-0.4, -0.2) is 92.4 Å². The van der Waals surface area contributed by atoms with E-state index in [1.165, 1.54) is 77.0 Å². The van der Waals surface area contributed by atoms with E-state index in [4.69, 9.17) is 18.7 Å². The number of hydrogen-bond acceptors (Lipinski definition) is 11. The molecule has 15 heteroatoms. The van der Waals surface area contributed by atoms with E-state index in [9.17, 15) is 44.1 Å². The van der Waals surface area contributed by atoms with Crippen molar-refractivity contribution < 1.29 is 62.8 Å². The molecule has 59 heavy (non-hydrogen) atoms. The van der Waals surface area contributed by atoms with Gasteiger partial charge < -0.3 is 44.6 Å². The number of amides is 1. The highest BCUT2D eigenvalue weighted by atomic mass is 31.2. The van der Waals surface area contributed by atoms with E-state index in [2.05, 4.69) is 26.1 Å². The van der Waals surface area contributed by atoms with Gasteiger partial charge in [0.1, 0.15) is 24.4 Å². The third kappa shape index (κ3) is 28.6. The van der Waals surface area contributed by atoms with Crippen LogP contribution in [0.15, 0.2) is 0 Å². The molecule has 1 fully saturated rings. The van der Waals surface area contributed by atoms with Gasteiger partial charge in [-0.2, -0.15) is 0 Å². The molecule has 1 amide bonds. The molecule has 0 radical (unpaired) electrons. The summed E-state index contributed by atoms with van der Waals surface area (Å²) in [5.74, 6) is -2.07. The van der Waals surface area contributed by atoms with Gasteiger partial charge in [-0.15, -0.1) is 0 Å². The molecule has 3 unspecified atom stereocenters. The van der Waals surface area contributed by atoms with Crippen LogP contribution in [0.1, 0.15) is 213 Å². The van der Waals surface area contributed by atoms with Crippen LogP contribution in [0.3, 0.4) is 0 Å². The first-order valence-corrected chi connectivity index (χ1v) is 24.9. The van der Waals surface area contributed by atoms with Crippen LogP contribution in [0, 0.1) is 0 Å². The number of hydrogen-bond donors (Lipinski definition) is 6. The summed E-state index contributed by atoms with van der Waals surface area (Å²) in [6.45, 7) is 5.63. The Morgan fingerprint density at radius 3 is 1.58 bits per heavy atom. The Kier molecular flexibility index (Phi) is 32.7. The summed E-state index contributed by atoms with van der Waals surface area (Å²) in [6, 6.07) is -1.58. The van der Waals surface area contributed by atoms with Gasteiger partial charge in [0.05, 0.1) is 25.6 Å². The molecule has 0 saturated carbocycles. The molecular weight excluding hydrogens is 781 g/mol. The number of phosphoric acid groups is 1. The number of esters is 2. The van der Waals surface area contributed by atoms with Gasteiger partial charge in [0, 0.05) is 6.42 Å². The maximum atomic E-state index is 13.6. The normalized spacial score (nSPS) is 20.6. The molecule has 348 valence electrons. The van der Waals surface area contributed by atoms with Gasteiger partial charge in [0.2, 0.25) is 5.91 Å². The monoisotopic (exact) mass is 866 g/mol. The number of unbranched alkanes of at least 4 members (excludes halogenated alkanes) is 22. The standard InChI is InChI=1S/C44H84NO13P/c1-4-7-10-13-15-17-18-20-22-25-28-31-39(49)55-36(30-27-23-12-9-6-3)33-40(50)57-43-41(44(51)56-37(34-46)42(43)58-59(52,53)54)45-38(48)32-35(47)29-26-24-21-19-16-14-11-8-5-2/h35-37,41-44,46-47,51H,4-34H2,1-3H3,(H,45,48)(H2,52,53,54)/t35?,36?,37-,41-,42-,43-,44?/m1/s1. The van der Waals surface area contributed by atoms with Gasteiger partial charge in [-0.1, -0.05) is 168 Å². The minimum Gasteiger partial charge on any atom is -0.462 e. The van der Waals surface area contributed by atoms with Crippen LogP contribution >= 0.6 is 7.82 Å². The first kappa shape index (κ1) is 55.4. The van der Waals surface area contributed by atoms with Crippen molar-refractivity contribution in [1.29, 1.82) is 0 Å². The second kappa shape index (κ2) is 34.9. The summed E-state index contributed by atoms with van der Waals surface area (Å²) >= 11 is 0. The molecule has 14 nitrogen and oxygen atoms in total. The van der Waals surface area contributed by atoms with E-state index >= 15 is 0 Å². The summed E-state index contributed by atoms with van der Waals surface area (Å²) in [6.07, 6.45) is 18.5. The average molecular weight is 866 g/mol. The molecule has 0 spiro atoms. The smallest absolute Gasteiger partial charge is 0.462 e. The topological polar surface area (TPSA) is 218 Å². The summed E-state index contributed by atoms with van der Waals surface area (Å²) in [5.41, 5.74) is 0. The quantitative estimate of drug-likeness (QED) is 0.0195. The van der Waals surface area contributed by atoms with Gasteiger partial charge in [-0.25, -0.2) is 4.57 Å². The number of ether oxygens (including phenoxy) is 3. The highest BCUT2D eigenvalue weighted by Crippen LogP contribution is 2.42. The van der Waals surface area contributed by atoms with E-state index in [0.29, 0.717) is 25.7 Å². The van der Waals surface area contributed by atoms with E-state index in [0.717, 1.165) is 70.6 Å². The molecule has 0 aromatic rings. The number of rotatable bonds is 38. The molecule has 0 bridgehead atoms. The lowest BCUT2D eigenvalue weighted by molar-refractivity contribution is -0.256. The number of aliphatic hydroxyl groups is 3. The predicted molar refractivity (Wildman–Crippen MR) is 228 cm³/mol. The van der Waals surface area contributed by atoms with Gasteiger partial charge in [-0.3, -0.25) is 18.9 Å². The highest BCUT2D eigenvalue weighted by molar-refractivity contribution is 7.46. The molecule has 6 N–H and O–H groups in total. The molecule has 1 aliphatic rings. The SMILES string of the molecule is CCCCCCCCCCCCCC(=O)OC(CCCCCCC)CC(=O)O[C@H]1[C@H](OP(=O)(O)O)[C@@H](CO)OC(O)[C@@H]1NC(=O)CC(O)CCCCCCCCCCC. The van der Waals surface area contributed by atoms with Crippen molar-refractivity contribution in [2.24, 2.45) is 0 Å². The third-order valence-corrected chi connectivity index (χ3v) is 11.6. The summed E-state index contributed by atoms with van der Waals surface area (Å²) in [5, 5.41) is 34.0. The number of phosphoric ester groups is 1. The van der Waals surface area contributed by atoms with Crippen molar-refractivity contribution in [2.45, 2.75) is 256 Å². The molecule has 7 atom stereocenters. The zero-order chi connectivity index (χ0) is 43.7. The summed E-state index contributed by atoms with van der Waals surface area (Å²) < 4.78 is 33.8. The van der Waals surface area contributed by atoms with E-state index in [1.54, 1.807) is 0 Å². The molecule has 1 aliphatic heterocycles. The number of carbonyl (C=O) groups is 3. The Morgan fingerprint density at radius 2 is 1.10 bits per heavy atom. The Morgan fingerprint density at radius 1 is 0.644 bits per heavy atom. The van der Waals surface area contributed by atoms with Crippen LogP contribution in [0.4, 0.5) is 0 Å². The molecule has 0 aliphatic carbocycles.